The predicted molar refractivity (Wildman–Crippen MR) is 132 cm³/mol. The summed E-state index contributed by atoms with van der Waals surface area (Å²) in [4.78, 5) is 15.9. The number of nitrogens with one attached hydrogen (secondary N) is 1. The minimum absolute atomic E-state index is 0.446. The third-order valence-corrected chi connectivity index (χ3v) is 6.51. The number of ether oxygens (including phenoxy) is 1. The molecule has 0 aliphatic carbocycles. The summed E-state index contributed by atoms with van der Waals surface area (Å²) in [6, 6.07) is 8.91. The van der Waals surface area contributed by atoms with Gasteiger partial charge in [-0.25, -0.2) is 4.98 Å². The second kappa shape index (κ2) is 10.7. The lowest BCUT2D eigenvalue weighted by Crippen LogP contribution is -2.26. The molecule has 3 rings (SSSR count). The number of nitrogens with zero attached hydrogens (tertiary/aromatic N) is 1. The van der Waals surface area contributed by atoms with Crippen molar-refractivity contribution in [3.8, 4) is 17.0 Å². The Bertz CT molecular complexity index is 1170. The first-order valence-corrected chi connectivity index (χ1v) is 12.1. The number of thiazole rings is 1. The molecule has 0 saturated heterocycles. The van der Waals surface area contributed by atoms with E-state index in [9.17, 15) is 23.1 Å². The number of aromatic nitrogens is 1. The molecule has 2 N–H and O–H groups in total. The van der Waals surface area contributed by atoms with Gasteiger partial charge in [-0.15, -0.1) is 11.3 Å². The van der Waals surface area contributed by atoms with Crippen molar-refractivity contribution < 1.29 is 27.8 Å². The first-order chi connectivity index (χ1) is 16.4. The molecule has 0 spiro atoms. The van der Waals surface area contributed by atoms with E-state index in [-0.39, 0.29) is 0 Å². The molecule has 0 amide bonds. The van der Waals surface area contributed by atoms with Gasteiger partial charge in [0.2, 0.25) is 0 Å². The van der Waals surface area contributed by atoms with Crippen LogP contribution in [0.3, 0.4) is 0 Å². The van der Waals surface area contributed by atoms with E-state index in [2.05, 4.69) is 10.3 Å². The van der Waals surface area contributed by atoms with Crippen molar-refractivity contribution >= 4 is 22.4 Å². The number of rotatable bonds is 10. The summed E-state index contributed by atoms with van der Waals surface area (Å²) >= 11 is 1.39. The van der Waals surface area contributed by atoms with Crippen LogP contribution in [0.2, 0.25) is 0 Å². The van der Waals surface area contributed by atoms with Gasteiger partial charge in [-0.3, -0.25) is 4.79 Å². The third-order valence-electron chi connectivity index (χ3n) is 5.71. The standard InChI is InChI=1S/C26H29F3N2O3S/c1-16-13-22(17(2)12-19(16)14-25(3,4)23(32)33)34-11-5-10-30-24-31-21(15-35-24)18-6-8-20(9-7-18)26(27,28)29/h6-9,12-13,15H,5,10-11,14H2,1-4H3,(H,30,31)(H,32,33). The van der Waals surface area contributed by atoms with Crippen molar-refractivity contribution in [2.24, 2.45) is 5.41 Å². The molecule has 0 aliphatic rings. The Hall–Kier alpha value is -3.07. The Labute approximate surface area is 207 Å². The molecule has 1 aromatic heterocycles. The highest BCUT2D eigenvalue weighted by Gasteiger charge is 2.30. The molecule has 0 unspecified atom stereocenters. The number of hydrogen-bond acceptors (Lipinski definition) is 5. The van der Waals surface area contributed by atoms with Crippen molar-refractivity contribution in [1.82, 2.24) is 4.98 Å². The Balaban J connectivity index is 1.49. The lowest BCUT2D eigenvalue weighted by molar-refractivity contribution is -0.146. The molecule has 9 heteroatoms. The summed E-state index contributed by atoms with van der Waals surface area (Å²) in [6.45, 7) is 8.46. The van der Waals surface area contributed by atoms with Crippen LogP contribution in [0.4, 0.5) is 18.3 Å². The number of carboxylic acids is 1. The van der Waals surface area contributed by atoms with E-state index in [0.717, 1.165) is 41.0 Å². The van der Waals surface area contributed by atoms with Crippen LogP contribution in [0.25, 0.3) is 11.3 Å². The monoisotopic (exact) mass is 506 g/mol. The van der Waals surface area contributed by atoms with E-state index in [0.29, 0.717) is 36.0 Å². The molecule has 2 aromatic carbocycles. The largest absolute Gasteiger partial charge is 0.493 e. The Morgan fingerprint density at radius 1 is 1.11 bits per heavy atom. The number of anilines is 1. The van der Waals surface area contributed by atoms with Gasteiger partial charge in [0.15, 0.2) is 5.13 Å². The molecule has 0 saturated carbocycles. The summed E-state index contributed by atoms with van der Waals surface area (Å²) in [7, 11) is 0. The molecule has 35 heavy (non-hydrogen) atoms. The topological polar surface area (TPSA) is 71.5 Å². The first kappa shape index (κ1) is 26.5. The van der Waals surface area contributed by atoms with Gasteiger partial charge in [-0.2, -0.15) is 13.2 Å². The predicted octanol–water partition coefficient (Wildman–Crippen LogP) is 6.98. The minimum Gasteiger partial charge on any atom is -0.493 e. The fourth-order valence-corrected chi connectivity index (χ4v) is 4.26. The fourth-order valence-electron chi connectivity index (χ4n) is 3.51. The third kappa shape index (κ3) is 6.97. The summed E-state index contributed by atoms with van der Waals surface area (Å²) in [6.07, 6.45) is -3.19. The number of alkyl halides is 3. The van der Waals surface area contributed by atoms with E-state index >= 15 is 0 Å². The summed E-state index contributed by atoms with van der Waals surface area (Å²) in [5, 5.41) is 15.1. The lowest BCUT2D eigenvalue weighted by Gasteiger charge is -2.21. The normalized spacial score (nSPS) is 12.0. The number of benzene rings is 2. The van der Waals surface area contributed by atoms with Gasteiger partial charge in [0.25, 0.3) is 0 Å². The Kier molecular flexibility index (Phi) is 8.10. The number of aliphatic carboxylic acids is 1. The average Bonchev–Trinajstić information content (AvgIpc) is 3.25. The number of halogens is 3. The van der Waals surface area contributed by atoms with E-state index in [1.807, 2.05) is 26.0 Å². The number of carbonyl (C=O) groups is 1. The van der Waals surface area contributed by atoms with Crippen molar-refractivity contribution in [2.75, 3.05) is 18.5 Å². The zero-order chi connectivity index (χ0) is 25.8. The average molecular weight is 507 g/mol. The van der Waals surface area contributed by atoms with Crippen molar-refractivity contribution in [2.45, 2.75) is 46.7 Å². The smallest absolute Gasteiger partial charge is 0.416 e. The van der Waals surface area contributed by atoms with Crippen molar-refractivity contribution in [1.29, 1.82) is 0 Å². The molecule has 0 radical (unpaired) electrons. The highest BCUT2D eigenvalue weighted by molar-refractivity contribution is 7.14. The van der Waals surface area contributed by atoms with Gasteiger partial charge in [-0.05, 0) is 75.4 Å². The zero-order valence-corrected chi connectivity index (χ0v) is 20.9. The van der Waals surface area contributed by atoms with E-state index < -0.39 is 23.1 Å². The maximum atomic E-state index is 12.7. The number of aryl methyl sites for hydroxylation is 2. The molecule has 1 heterocycles. The van der Waals surface area contributed by atoms with Crippen LogP contribution >= 0.6 is 11.3 Å². The maximum Gasteiger partial charge on any atom is 0.416 e. The molecule has 3 aromatic rings. The molecule has 0 aliphatic heterocycles. The second-order valence-electron chi connectivity index (χ2n) is 9.15. The van der Waals surface area contributed by atoms with E-state index in [4.69, 9.17) is 4.74 Å². The van der Waals surface area contributed by atoms with Gasteiger partial charge in [0.05, 0.1) is 23.3 Å². The quantitative estimate of drug-likeness (QED) is 0.290. The van der Waals surface area contributed by atoms with Crippen LogP contribution < -0.4 is 10.1 Å². The molecule has 0 fully saturated rings. The molecular weight excluding hydrogens is 477 g/mol. The maximum absolute atomic E-state index is 12.7. The number of carboxylic acid groups (broad SMARTS) is 1. The van der Waals surface area contributed by atoms with Gasteiger partial charge in [-0.1, -0.05) is 18.2 Å². The van der Waals surface area contributed by atoms with E-state index in [1.54, 1.807) is 19.2 Å². The second-order valence-corrected chi connectivity index (χ2v) is 10.0. The Morgan fingerprint density at radius 2 is 1.80 bits per heavy atom. The van der Waals surface area contributed by atoms with Crippen LogP contribution in [0.15, 0.2) is 41.8 Å². The lowest BCUT2D eigenvalue weighted by atomic mass is 9.84. The zero-order valence-electron chi connectivity index (χ0n) is 20.1. The summed E-state index contributed by atoms with van der Waals surface area (Å²) in [5.74, 6) is -0.0488. The summed E-state index contributed by atoms with van der Waals surface area (Å²) in [5.41, 5.74) is 2.69. The molecule has 188 valence electrons. The molecule has 0 atom stereocenters. The number of hydrogen-bond donors (Lipinski definition) is 2. The molecule has 5 nitrogen and oxygen atoms in total. The highest BCUT2D eigenvalue weighted by Crippen LogP contribution is 2.32. The van der Waals surface area contributed by atoms with Crippen LogP contribution in [-0.2, 0) is 17.4 Å². The van der Waals surface area contributed by atoms with Gasteiger partial charge >= 0.3 is 12.1 Å². The highest BCUT2D eigenvalue weighted by atomic mass is 32.1. The Morgan fingerprint density at radius 3 is 2.43 bits per heavy atom. The van der Waals surface area contributed by atoms with E-state index in [1.165, 1.54) is 23.5 Å². The van der Waals surface area contributed by atoms with Gasteiger partial charge < -0.3 is 15.2 Å². The first-order valence-electron chi connectivity index (χ1n) is 11.2. The van der Waals surface area contributed by atoms with Crippen molar-refractivity contribution in [3.05, 3.63) is 64.0 Å². The fraction of sp³-hybridized carbons (Fsp3) is 0.385. The van der Waals surface area contributed by atoms with Crippen molar-refractivity contribution in [3.63, 3.8) is 0 Å². The van der Waals surface area contributed by atoms with Crippen LogP contribution in [-0.4, -0.2) is 29.2 Å². The van der Waals surface area contributed by atoms with Crippen LogP contribution in [0.5, 0.6) is 5.75 Å². The summed E-state index contributed by atoms with van der Waals surface area (Å²) < 4.78 is 44.1. The van der Waals surface area contributed by atoms with Gasteiger partial charge in [0, 0.05) is 17.5 Å². The minimum atomic E-state index is -4.36. The molecular formula is C26H29F3N2O3S. The van der Waals surface area contributed by atoms with Crippen LogP contribution in [0.1, 0.15) is 42.5 Å². The SMILES string of the molecule is Cc1cc(OCCCNc2nc(-c3ccc(C(F)(F)F)cc3)cs2)c(C)cc1CC(C)(C)C(=O)O. The van der Waals surface area contributed by atoms with Gasteiger partial charge in [0.1, 0.15) is 5.75 Å². The van der Waals surface area contributed by atoms with Crippen LogP contribution in [0, 0.1) is 19.3 Å². The molecule has 0 bridgehead atoms.